The van der Waals surface area contributed by atoms with E-state index in [9.17, 15) is 8.42 Å². The number of thiophene rings is 1. The Bertz CT molecular complexity index is 921. The first-order valence-electron chi connectivity index (χ1n) is 7.39. The molecule has 0 atom stereocenters. The van der Waals surface area contributed by atoms with Gasteiger partial charge in [0.15, 0.2) is 0 Å². The molecule has 24 heavy (non-hydrogen) atoms. The molecule has 124 valence electrons. The van der Waals surface area contributed by atoms with Gasteiger partial charge in [-0.25, -0.2) is 13.1 Å². The van der Waals surface area contributed by atoms with Crippen LogP contribution in [0.25, 0.3) is 16.7 Å². The van der Waals surface area contributed by atoms with Crippen molar-refractivity contribution in [3.05, 3.63) is 76.2 Å². The molecular formula is C18H17NO3S2. The van der Waals surface area contributed by atoms with Gasteiger partial charge < -0.3 is 4.42 Å². The van der Waals surface area contributed by atoms with Crippen LogP contribution in [0.5, 0.6) is 0 Å². The average molecular weight is 359 g/mol. The molecule has 0 saturated heterocycles. The Morgan fingerprint density at radius 1 is 1.12 bits per heavy atom. The highest BCUT2D eigenvalue weighted by Gasteiger charge is 2.09. The third-order valence-corrected chi connectivity index (χ3v) is 5.32. The van der Waals surface area contributed by atoms with Gasteiger partial charge in [0, 0.05) is 5.41 Å². The van der Waals surface area contributed by atoms with Crippen molar-refractivity contribution in [2.75, 3.05) is 0 Å². The number of benzene rings is 1. The fourth-order valence-corrected chi connectivity index (χ4v) is 3.55. The summed E-state index contributed by atoms with van der Waals surface area (Å²) in [5, 5.41) is 3.14. The van der Waals surface area contributed by atoms with E-state index in [1.54, 1.807) is 23.5 Å². The first-order chi connectivity index (χ1) is 11.5. The van der Waals surface area contributed by atoms with Gasteiger partial charge in [-0.2, -0.15) is 0 Å². The number of rotatable bonds is 6. The molecule has 6 heteroatoms. The summed E-state index contributed by atoms with van der Waals surface area (Å²) in [7, 11) is -3.52. The van der Waals surface area contributed by atoms with E-state index < -0.39 is 10.0 Å². The standard InChI is InChI=1S/C18H17NO3S2/c1-14-4-6-15(7-5-14)10-12-24(20,21)19-13-16-8-9-17(22-16)18-3-2-11-23-18/h2-12,19H,13H2,1H3/b12-10+. The Balaban J connectivity index is 1.62. The van der Waals surface area contributed by atoms with Crippen molar-refractivity contribution in [2.45, 2.75) is 13.5 Å². The third-order valence-electron chi connectivity index (χ3n) is 3.39. The highest BCUT2D eigenvalue weighted by molar-refractivity contribution is 7.92. The molecule has 3 rings (SSSR count). The molecule has 0 amide bonds. The van der Waals surface area contributed by atoms with Gasteiger partial charge in [0.05, 0.1) is 11.4 Å². The molecule has 1 aromatic carbocycles. The molecule has 0 aliphatic rings. The molecule has 0 unspecified atom stereocenters. The lowest BCUT2D eigenvalue weighted by atomic mass is 10.2. The van der Waals surface area contributed by atoms with Crippen molar-refractivity contribution >= 4 is 27.4 Å². The number of sulfonamides is 1. The van der Waals surface area contributed by atoms with Crippen LogP contribution in [0.4, 0.5) is 0 Å². The number of nitrogens with one attached hydrogen (secondary N) is 1. The summed E-state index contributed by atoms with van der Waals surface area (Å²) in [6.45, 7) is 2.10. The summed E-state index contributed by atoms with van der Waals surface area (Å²) >= 11 is 1.58. The SMILES string of the molecule is Cc1ccc(/C=C/S(=O)(=O)NCc2ccc(-c3cccs3)o2)cc1. The van der Waals surface area contributed by atoms with Crippen LogP contribution in [-0.2, 0) is 16.6 Å². The van der Waals surface area contributed by atoms with Crippen LogP contribution in [-0.4, -0.2) is 8.42 Å². The number of furan rings is 1. The minimum Gasteiger partial charge on any atom is -0.459 e. The lowest BCUT2D eigenvalue weighted by Gasteiger charge is -2.01. The molecule has 2 heterocycles. The first kappa shape index (κ1) is 16.7. The normalized spacial score (nSPS) is 12.0. The van der Waals surface area contributed by atoms with E-state index in [1.165, 1.54) is 5.41 Å². The van der Waals surface area contributed by atoms with E-state index in [-0.39, 0.29) is 6.54 Å². The fourth-order valence-electron chi connectivity index (χ4n) is 2.09. The summed E-state index contributed by atoms with van der Waals surface area (Å²) in [5.74, 6) is 1.32. The van der Waals surface area contributed by atoms with E-state index in [2.05, 4.69) is 4.72 Å². The fraction of sp³-hybridized carbons (Fsp3) is 0.111. The molecule has 0 saturated carbocycles. The quantitative estimate of drug-likeness (QED) is 0.709. The second-order valence-corrected chi connectivity index (χ2v) is 7.92. The molecule has 2 aromatic heterocycles. The summed E-state index contributed by atoms with van der Waals surface area (Å²) in [6, 6.07) is 15.2. The second-order valence-electron chi connectivity index (χ2n) is 5.32. The molecule has 0 aliphatic carbocycles. The summed E-state index contributed by atoms with van der Waals surface area (Å²) in [5.41, 5.74) is 1.97. The zero-order valence-corrected chi connectivity index (χ0v) is 14.7. The largest absolute Gasteiger partial charge is 0.459 e. The Kier molecular flexibility index (Phi) is 4.99. The number of hydrogen-bond acceptors (Lipinski definition) is 4. The molecule has 0 radical (unpaired) electrons. The lowest BCUT2D eigenvalue weighted by molar-refractivity contribution is 0.512. The zero-order valence-electron chi connectivity index (χ0n) is 13.1. The molecule has 0 fully saturated rings. The molecule has 0 spiro atoms. The summed E-state index contributed by atoms with van der Waals surface area (Å²) < 4.78 is 32.3. The van der Waals surface area contributed by atoms with Gasteiger partial charge in [-0.15, -0.1) is 11.3 Å². The van der Waals surface area contributed by atoms with E-state index in [4.69, 9.17) is 4.42 Å². The highest BCUT2D eigenvalue weighted by atomic mass is 32.2. The zero-order chi connectivity index (χ0) is 17.0. The van der Waals surface area contributed by atoms with Crippen LogP contribution >= 0.6 is 11.3 Å². The van der Waals surface area contributed by atoms with Crippen LogP contribution in [0.3, 0.4) is 0 Å². The van der Waals surface area contributed by atoms with Crippen LogP contribution in [0.15, 0.2) is 63.7 Å². The molecule has 0 bridgehead atoms. The number of hydrogen-bond donors (Lipinski definition) is 1. The van der Waals surface area contributed by atoms with Crippen molar-refractivity contribution in [3.63, 3.8) is 0 Å². The predicted molar refractivity (Wildman–Crippen MR) is 98.0 cm³/mol. The van der Waals surface area contributed by atoms with Gasteiger partial charge in [-0.05, 0) is 42.1 Å². The van der Waals surface area contributed by atoms with Crippen molar-refractivity contribution < 1.29 is 12.8 Å². The Hall–Kier alpha value is -2.15. The molecule has 1 N–H and O–H groups in total. The summed E-state index contributed by atoms with van der Waals surface area (Å²) in [4.78, 5) is 1.02. The van der Waals surface area contributed by atoms with Crippen LogP contribution in [0, 0.1) is 6.92 Å². The minimum atomic E-state index is -3.52. The van der Waals surface area contributed by atoms with Crippen LogP contribution < -0.4 is 4.72 Å². The van der Waals surface area contributed by atoms with E-state index in [0.717, 1.165) is 21.8 Å². The van der Waals surface area contributed by atoms with Gasteiger partial charge in [0.2, 0.25) is 10.0 Å². The van der Waals surface area contributed by atoms with Gasteiger partial charge in [-0.1, -0.05) is 35.9 Å². The second kappa shape index (κ2) is 7.17. The molecule has 3 aromatic rings. The Labute approximate surface area is 145 Å². The smallest absolute Gasteiger partial charge is 0.234 e. The van der Waals surface area contributed by atoms with Crippen LogP contribution in [0.1, 0.15) is 16.9 Å². The minimum absolute atomic E-state index is 0.117. The van der Waals surface area contributed by atoms with Gasteiger partial charge in [0.25, 0.3) is 0 Å². The van der Waals surface area contributed by atoms with E-state index in [1.807, 2.05) is 54.8 Å². The predicted octanol–water partition coefficient (Wildman–Crippen LogP) is 4.41. The molecule has 4 nitrogen and oxygen atoms in total. The maximum Gasteiger partial charge on any atom is 0.234 e. The maximum atomic E-state index is 12.0. The molecular weight excluding hydrogens is 342 g/mol. The highest BCUT2D eigenvalue weighted by Crippen LogP contribution is 2.26. The van der Waals surface area contributed by atoms with E-state index >= 15 is 0 Å². The van der Waals surface area contributed by atoms with Gasteiger partial charge >= 0.3 is 0 Å². The lowest BCUT2D eigenvalue weighted by Crippen LogP contribution is -2.20. The van der Waals surface area contributed by atoms with Crippen molar-refractivity contribution in [1.82, 2.24) is 4.72 Å². The first-order valence-corrected chi connectivity index (χ1v) is 9.81. The van der Waals surface area contributed by atoms with E-state index in [0.29, 0.717) is 5.76 Å². The monoisotopic (exact) mass is 359 g/mol. The van der Waals surface area contributed by atoms with Crippen LogP contribution in [0.2, 0.25) is 0 Å². The maximum absolute atomic E-state index is 12.0. The van der Waals surface area contributed by atoms with Gasteiger partial charge in [-0.3, -0.25) is 0 Å². The average Bonchev–Trinajstić information content (AvgIpc) is 3.24. The summed E-state index contributed by atoms with van der Waals surface area (Å²) in [6.07, 6.45) is 1.57. The number of aryl methyl sites for hydroxylation is 1. The molecule has 0 aliphatic heterocycles. The van der Waals surface area contributed by atoms with Gasteiger partial charge in [0.1, 0.15) is 11.5 Å². The van der Waals surface area contributed by atoms with Crippen molar-refractivity contribution in [1.29, 1.82) is 0 Å². The Morgan fingerprint density at radius 3 is 2.62 bits per heavy atom. The Morgan fingerprint density at radius 2 is 1.92 bits per heavy atom. The van der Waals surface area contributed by atoms with Crippen molar-refractivity contribution in [2.24, 2.45) is 0 Å². The third kappa shape index (κ3) is 4.44. The topological polar surface area (TPSA) is 59.3 Å². The van der Waals surface area contributed by atoms with Crippen molar-refractivity contribution in [3.8, 4) is 10.6 Å².